The Bertz CT molecular complexity index is 820. The maximum atomic E-state index is 12.9. The normalized spacial score (nSPS) is 10.7. The van der Waals surface area contributed by atoms with Crippen molar-refractivity contribution in [2.75, 3.05) is 5.32 Å². The van der Waals surface area contributed by atoms with Crippen LogP contribution in [0.3, 0.4) is 0 Å². The Labute approximate surface area is 140 Å². The third-order valence-electron chi connectivity index (χ3n) is 3.26. The van der Waals surface area contributed by atoms with Gasteiger partial charge in [0.25, 0.3) is 5.91 Å². The molecule has 6 nitrogen and oxygen atoms in total. The van der Waals surface area contributed by atoms with Gasteiger partial charge in [0.1, 0.15) is 11.5 Å². The number of halogens is 2. The van der Waals surface area contributed by atoms with E-state index in [4.69, 9.17) is 0 Å². The molecule has 0 saturated heterocycles. The SMILES string of the molecule is Cn1ncc(Br)c1C(=O)Nc1cnn(Cc2ccc(F)cc2)c1. The van der Waals surface area contributed by atoms with E-state index in [1.807, 2.05) is 0 Å². The largest absolute Gasteiger partial charge is 0.318 e. The number of aryl methyl sites for hydroxylation is 1. The van der Waals surface area contributed by atoms with Crippen LogP contribution in [0.4, 0.5) is 10.1 Å². The molecule has 0 atom stereocenters. The zero-order chi connectivity index (χ0) is 16.4. The molecule has 2 heterocycles. The quantitative estimate of drug-likeness (QED) is 0.760. The lowest BCUT2D eigenvalue weighted by Gasteiger charge is -2.04. The molecular formula is C15H13BrFN5O. The number of hydrogen-bond acceptors (Lipinski definition) is 3. The second-order valence-electron chi connectivity index (χ2n) is 4.97. The minimum atomic E-state index is -0.279. The van der Waals surface area contributed by atoms with E-state index < -0.39 is 0 Å². The van der Waals surface area contributed by atoms with Crippen LogP contribution in [0.5, 0.6) is 0 Å². The number of amides is 1. The molecular weight excluding hydrogens is 365 g/mol. The van der Waals surface area contributed by atoms with Gasteiger partial charge in [0.15, 0.2) is 0 Å². The first kappa shape index (κ1) is 15.4. The van der Waals surface area contributed by atoms with Crippen molar-refractivity contribution < 1.29 is 9.18 Å². The Kier molecular flexibility index (Phi) is 4.24. The first-order valence-electron chi connectivity index (χ1n) is 6.78. The summed E-state index contributed by atoms with van der Waals surface area (Å²) < 4.78 is 16.7. The fraction of sp³-hybridized carbons (Fsp3) is 0.133. The van der Waals surface area contributed by atoms with Crippen molar-refractivity contribution in [3.8, 4) is 0 Å². The van der Waals surface area contributed by atoms with E-state index in [9.17, 15) is 9.18 Å². The molecule has 0 bridgehead atoms. The average Bonchev–Trinajstić information content (AvgIpc) is 3.08. The standard InChI is InChI=1S/C15H13BrFN5O/c1-21-14(13(16)7-18-21)15(23)20-12-6-19-22(9-12)8-10-2-4-11(17)5-3-10/h2-7,9H,8H2,1H3,(H,20,23). The summed E-state index contributed by atoms with van der Waals surface area (Å²) in [6.07, 6.45) is 4.84. The van der Waals surface area contributed by atoms with Gasteiger partial charge in [-0.15, -0.1) is 0 Å². The molecule has 1 aromatic carbocycles. The van der Waals surface area contributed by atoms with Crippen LogP contribution in [0.1, 0.15) is 16.1 Å². The molecule has 1 amide bonds. The van der Waals surface area contributed by atoms with Gasteiger partial charge in [-0.25, -0.2) is 4.39 Å². The highest BCUT2D eigenvalue weighted by molar-refractivity contribution is 9.10. The van der Waals surface area contributed by atoms with Gasteiger partial charge < -0.3 is 5.32 Å². The second kappa shape index (κ2) is 6.33. The summed E-state index contributed by atoms with van der Waals surface area (Å²) >= 11 is 3.29. The highest BCUT2D eigenvalue weighted by Gasteiger charge is 2.16. The molecule has 118 valence electrons. The molecule has 0 fully saturated rings. The molecule has 0 aliphatic rings. The predicted molar refractivity (Wildman–Crippen MR) is 86.6 cm³/mol. The third-order valence-corrected chi connectivity index (χ3v) is 3.84. The number of hydrogen-bond donors (Lipinski definition) is 1. The number of anilines is 1. The fourth-order valence-electron chi connectivity index (χ4n) is 2.15. The minimum Gasteiger partial charge on any atom is -0.318 e. The first-order valence-corrected chi connectivity index (χ1v) is 7.58. The van der Waals surface area contributed by atoms with E-state index in [0.29, 0.717) is 22.4 Å². The fourth-order valence-corrected chi connectivity index (χ4v) is 2.68. The van der Waals surface area contributed by atoms with Crippen LogP contribution in [0.15, 0.2) is 47.3 Å². The molecule has 2 aromatic heterocycles. The summed E-state index contributed by atoms with van der Waals surface area (Å²) in [6, 6.07) is 6.20. The molecule has 8 heteroatoms. The summed E-state index contributed by atoms with van der Waals surface area (Å²) in [5.74, 6) is -0.554. The molecule has 0 radical (unpaired) electrons. The maximum absolute atomic E-state index is 12.9. The number of aromatic nitrogens is 4. The van der Waals surface area contributed by atoms with Crippen molar-refractivity contribution >= 4 is 27.5 Å². The van der Waals surface area contributed by atoms with Gasteiger partial charge in [-0.2, -0.15) is 10.2 Å². The molecule has 0 spiro atoms. The van der Waals surface area contributed by atoms with E-state index in [2.05, 4.69) is 31.4 Å². The van der Waals surface area contributed by atoms with E-state index in [1.54, 1.807) is 42.5 Å². The number of carbonyl (C=O) groups excluding carboxylic acids is 1. The highest BCUT2D eigenvalue weighted by atomic mass is 79.9. The maximum Gasteiger partial charge on any atom is 0.275 e. The molecule has 0 aliphatic heterocycles. The van der Waals surface area contributed by atoms with Crippen LogP contribution >= 0.6 is 15.9 Å². The lowest BCUT2D eigenvalue weighted by molar-refractivity contribution is 0.101. The van der Waals surface area contributed by atoms with Crippen molar-refractivity contribution in [1.29, 1.82) is 0 Å². The number of nitrogens with one attached hydrogen (secondary N) is 1. The summed E-state index contributed by atoms with van der Waals surface area (Å²) in [6.45, 7) is 0.492. The smallest absolute Gasteiger partial charge is 0.275 e. The number of nitrogens with zero attached hydrogens (tertiary/aromatic N) is 4. The lowest BCUT2D eigenvalue weighted by atomic mass is 10.2. The topological polar surface area (TPSA) is 64.7 Å². The van der Waals surface area contributed by atoms with Crippen LogP contribution < -0.4 is 5.32 Å². The summed E-state index contributed by atoms with van der Waals surface area (Å²) in [5, 5.41) is 11.0. The predicted octanol–water partition coefficient (Wildman–Crippen LogP) is 2.82. The van der Waals surface area contributed by atoms with Crippen LogP contribution in [0.25, 0.3) is 0 Å². The summed E-state index contributed by atoms with van der Waals surface area (Å²) in [7, 11) is 1.69. The zero-order valence-electron chi connectivity index (χ0n) is 12.2. The number of rotatable bonds is 4. The molecule has 3 aromatic rings. The summed E-state index contributed by atoms with van der Waals surface area (Å²) in [4.78, 5) is 12.2. The van der Waals surface area contributed by atoms with Crippen LogP contribution in [0, 0.1) is 5.82 Å². The van der Waals surface area contributed by atoms with Gasteiger partial charge in [0, 0.05) is 13.2 Å². The van der Waals surface area contributed by atoms with Crippen LogP contribution in [-0.4, -0.2) is 25.5 Å². The monoisotopic (exact) mass is 377 g/mol. The Morgan fingerprint density at radius 2 is 2.00 bits per heavy atom. The van der Waals surface area contributed by atoms with Crippen molar-refractivity contribution in [3.05, 3.63) is 64.4 Å². The van der Waals surface area contributed by atoms with Gasteiger partial charge in [0.05, 0.1) is 29.1 Å². The van der Waals surface area contributed by atoms with Gasteiger partial charge in [-0.05, 0) is 33.6 Å². The van der Waals surface area contributed by atoms with Crippen molar-refractivity contribution in [2.45, 2.75) is 6.54 Å². The van der Waals surface area contributed by atoms with Crippen molar-refractivity contribution in [2.24, 2.45) is 7.05 Å². The Morgan fingerprint density at radius 1 is 1.26 bits per heavy atom. The van der Waals surface area contributed by atoms with Gasteiger partial charge in [0.2, 0.25) is 0 Å². The van der Waals surface area contributed by atoms with Gasteiger partial charge in [-0.1, -0.05) is 12.1 Å². The summed E-state index contributed by atoms with van der Waals surface area (Å²) in [5.41, 5.74) is 1.92. The second-order valence-corrected chi connectivity index (χ2v) is 5.83. The van der Waals surface area contributed by atoms with E-state index in [0.717, 1.165) is 5.56 Å². The van der Waals surface area contributed by atoms with Crippen LogP contribution in [-0.2, 0) is 13.6 Å². The molecule has 1 N–H and O–H groups in total. The van der Waals surface area contributed by atoms with Gasteiger partial charge in [-0.3, -0.25) is 14.2 Å². The Hall–Kier alpha value is -2.48. The van der Waals surface area contributed by atoms with Crippen molar-refractivity contribution in [3.63, 3.8) is 0 Å². The third kappa shape index (κ3) is 3.48. The number of benzene rings is 1. The number of carbonyl (C=O) groups is 1. The van der Waals surface area contributed by atoms with E-state index in [1.165, 1.54) is 16.8 Å². The van der Waals surface area contributed by atoms with E-state index >= 15 is 0 Å². The van der Waals surface area contributed by atoms with Crippen LogP contribution in [0.2, 0.25) is 0 Å². The minimum absolute atomic E-state index is 0.274. The Morgan fingerprint density at radius 3 is 2.65 bits per heavy atom. The Balaban J connectivity index is 1.70. The van der Waals surface area contributed by atoms with Gasteiger partial charge >= 0.3 is 0 Å². The van der Waals surface area contributed by atoms with Crippen molar-refractivity contribution in [1.82, 2.24) is 19.6 Å². The highest BCUT2D eigenvalue weighted by Crippen LogP contribution is 2.17. The first-order chi connectivity index (χ1) is 11.0. The molecule has 0 unspecified atom stereocenters. The molecule has 0 aliphatic carbocycles. The van der Waals surface area contributed by atoms with E-state index in [-0.39, 0.29) is 11.7 Å². The zero-order valence-corrected chi connectivity index (χ0v) is 13.8. The lowest BCUT2D eigenvalue weighted by Crippen LogP contribution is -2.16. The average molecular weight is 378 g/mol. The molecule has 3 rings (SSSR count). The molecule has 23 heavy (non-hydrogen) atoms. The molecule has 0 saturated carbocycles.